The molecule has 0 saturated heterocycles. The number of H-pyrrole nitrogens is 1. The molecule has 0 aliphatic carbocycles. The summed E-state index contributed by atoms with van der Waals surface area (Å²) >= 11 is 3.35. The zero-order valence-corrected chi connectivity index (χ0v) is 9.99. The van der Waals surface area contributed by atoms with Gasteiger partial charge in [0.25, 0.3) is 0 Å². The number of hydrogen-bond acceptors (Lipinski definition) is 2. The number of nitrogens with one attached hydrogen (secondary N) is 2. The fraction of sp³-hybridized carbons (Fsp3) is 0.0909. The quantitative estimate of drug-likeness (QED) is 0.906. The van der Waals surface area contributed by atoms with Crippen LogP contribution < -0.4 is 5.32 Å². The molecule has 1 heterocycles. The summed E-state index contributed by atoms with van der Waals surface area (Å²) in [7, 11) is 0. The summed E-state index contributed by atoms with van der Waals surface area (Å²) in [5.41, 5.74) is 0.972. The Balaban J connectivity index is 1.95. The molecule has 82 valence electrons. The number of benzene rings is 1. The molecule has 0 bridgehead atoms. The number of amides is 1. The summed E-state index contributed by atoms with van der Waals surface area (Å²) in [4.78, 5) is 11.6. The molecular weight excluding hydrogens is 270 g/mol. The number of aromatic amines is 1. The molecule has 0 aliphatic heterocycles. The lowest BCUT2D eigenvalue weighted by atomic mass is 10.1. The first-order chi connectivity index (χ1) is 7.74. The topological polar surface area (TPSA) is 57.8 Å². The van der Waals surface area contributed by atoms with Crippen LogP contribution in [-0.4, -0.2) is 16.1 Å². The summed E-state index contributed by atoms with van der Waals surface area (Å²) in [5, 5.41) is 9.14. The molecule has 0 unspecified atom stereocenters. The van der Waals surface area contributed by atoms with E-state index in [4.69, 9.17) is 0 Å². The minimum Gasteiger partial charge on any atom is -0.311 e. The first kappa shape index (κ1) is 10.9. The van der Waals surface area contributed by atoms with Crippen molar-refractivity contribution in [2.45, 2.75) is 6.42 Å². The van der Waals surface area contributed by atoms with Crippen LogP contribution in [0.25, 0.3) is 0 Å². The average molecular weight is 280 g/mol. The predicted octanol–water partition coefficient (Wildman–Crippen LogP) is 2.35. The fourth-order valence-electron chi connectivity index (χ4n) is 1.31. The van der Waals surface area contributed by atoms with E-state index in [-0.39, 0.29) is 5.91 Å². The van der Waals surface area contributed by atoms with E-state index in [1.807, 2.05) is 24.3 Å². The van der Waals surface area contributed by atoms with Crippen LogP contribution in [0.4, 0.5) is 5.82 Å². The van der Waals surface area contributed by atoms with Gasteiger partial charge in [-0.1, -0.05) is 28.1 Å². The van der Waals surface area contributed by atoms with E-state index in [0.717, 1.165) is 10.0 Å². The molecule has 1 amide bonds. The Morgan fingerprint density at radius 3 is 2.69 bits per heavy atom. The van der Waals surface area contributed by atoms with E-state index < -0.39 is 0 Å². The molecular formula is C11H10BrN3O. The lowest BCUT2D eigenvalue weighted by Gasteiger charge is -2.02. The molecule has 0 atom stereocenters. The number of carbonyl (C=O) groups is 1. The second-order valence-corrected chi connectivity index (χ2v) is 4.24. The SMILES string of the molecule is O=C(Cc1ccc(Br)cc1)Nc1ccn[nH]1. The molecule has 0 spiro atoms. The Bertz CT molecular complexity index is 464. The molecule has 0 fully saturated rings. The normalized spacial score (nSPS) is 10.1. The summed E-state index contributed by atoms with van der Waals surface area (Å²) in [6.07, 6.45) is 1.95. The van der Waals surface area contributed by atoms with Crippen molar-refractivity contribution in [3.8, 4) is 0 Å². The van der Waals surface area contributed by atoms with Gasteiger partial charge in [0, 0.05) is 10.5 Å². The van der Waals surface area contributed by atoms with Gasteiger partial charge in [-0.2, -0.15) is 5.10 Å². The Hall–Kier alpha value is -1.62. The lowest BCUT2D eigenvalue weighted by Crippen LogP contribution is -2.14. The largest absolute Gasteiger partial charge is 0.311 e. The summed E-state index contributed by atoms with van der Waals surface area (Å²) in [5.74, 6) is 0.550. The molecule has 1 aromatic heterocycles. The third-order valence-electron chi connectivity index (χ3n) is 2.05. The van der Waals surface area contributed by atoms with Crippen molar-refractivity contribution < 1.29 is 4.79 Å². The van der Waals surface area contributed by atoms with E-state index in [2.05, 4.69) is 31.4 Å². The first-order valence-electron chi connectivity index (χ1n) is 4.78. The van der Waals surface area contributed by atoms with Crippen molar-refractivity contribution in [3.63, 3.8) is 0 Å². The second-order valence-electron chi connectivity index (χ2n) is 3.32. The minimum absolute atomic E-state index is 0.0634. The van der Waals surface area contributed by atoms with Crippen LogP contribution >= 0.6 is 15.9 Å². The smallest absolute Gasteiger partial charge is 0.229 e. The van der Waals surface area contributed by atoms with Gasteiger partial charge in [-0.15, -0.1) is 0 Å². The maximum absolute atomic E-state index is 11.6. The van der Waals surface area contributed by atoms with Crippen LogP contribution in [0.15, 0.2) is 41.0 Å². The van der Waals surface area contributed by atoms with Crippen LogP contribution in [0.5, 0.6) is 0 Å². The van der Waals surface area contributed by atoms with Crippen LogP contribution in [0.3, 0.4) is 0 Å². The fourth-order valence-corrected chi connectivity index (χ4v) is 1.57. The Morgan fingerprint density at radius 1 is 1.31 bits per heavy atom. The van der Waals surface area contributed by atoms with Crippen molar-refractivity contribution in [3.05, 3.63) is 46.6 Å². The standard InChI is InChI=1S/C11H10BrN3O/c12-9-3-1-8(2-4-9)7-11(16)14-10-5-6-13-15-10/h1-6H,7H2,(H2,13,14,15,16). The van der Waals surface area contributed by atoms with Gasteiger partial charge in [-0.3, -0.25) is 9.89 Å². The van der Waals surface area contributed by atoms with E-state index >= 15 is 0 Å². The average Bonchev–Trinajstić information content (AvgIpc) is 2.74. The Morgan fingerprint density at radius 2 is 2.06 bits per heavy atom. The highest BCUT2D eigenvalue weighted by atomic mass is 79.9. The Kier molecular flexibility index (Phi) is 3.36. The molecule has 5 heteroatoms. The van der Waals surface area contributed by atoms with Gasteiger partial charge in [-0.05, 0) is 17.7 Å². The highest BCUT2D eigenvalue weighted by Crippen LogP contribution is 2.11. The van der Waals surface area contributed by atoms with E-state index in [1.54, 1.807) is 12.3 Å². The van der Waals surface area contributed by atoms with Gasteiger partial charge in [0.15, 0.2) is 0 Å². The molecule has 16 heavy (non-hydrogen) atoms. The molecule has 4 nitrogen and oxygen atoms in total. The van der Waals surface area contributed by atoms with Crippen LogP contribution in [0.2, 0.25) is 0 Å². The van der Waals surface area contributed by atoms with Gasteiger partial charge in [0.2, 0.25) is 5.91 Å². The minimum atomic E-state index is -0.0634. The number of nitrogens with zero attached hydrogens (tertiary/aromatic N) is 1. The van der Waals surface area contributed by atoms with Crippen molar-refractivity contribution in [1.29, 1.82) is 0 Å². The zero-order chi connectivity index (χ0) is 11.4. The third kappa shape index (κ3) is 2.93. The van der Waals surface area contributed by atoms with Crippen molar-refractivity contribution in [1.82, 2.24) is 10.2 Å². The van der Waals surface area contributed by atoms with E-state index in [1.165, 1.54) is 0 Å². The summed E-state index contributed by atoms with van der Waals surface area (Å²) < 4.78 is 1.00. The lowest BCUT2D eigenvalue weighted by molar-refractivity contribution is -0.115. The van der Waals surface area contributed by atoms with Crippen LogP contribution in [0.1, 0.15) is 5.56 Å². The summed E-state index contributed by atoms with van der Waals surface area (Å²) in [6.45, 7) is 0. The highest BCUT2D eigenvalue weighted by Gasteiger charge is 2.04. The monoisotopic (exact) mass is 279 g/mol. The molecule has 0 aliphatic rings. The van der Waals surface area contributed by atoms with Gasteiger partial charge in [-0.25, -0.2) is 0 Å². The van der Waals surface area contributed by atoms with Crippen molar-refractivity contribution in [2.24, 2.45) is 0 Å². The number of anilines is 1. The van der Waals surface area contributed by atoms with Crippen LogP contribution in [0, 0.1) is 0 Å². The molecule has 0 radical (unpaired) electrons. The third-order valence-corrected chi connectivity index (χ3v) is 2.58. The number of carbonyl (C=O) groups excluding carboxylic acids is 1. The molecule has 1 aromatic carbocycles. The molecule has 2 aromatic rings. The highest BCUT2D eigenvalue weighted by molar-refractivity contribution is 9.10. The molecule has 0 saturated carbocycles. The zero-order valence-electron chi connectivity index (χ0n) is 8.40. The maximum atomic E-state index is 11.6. The predicted molar refractivity (Wildman–Crippen MR) is 65.1 cm³/mol. The van der Waals surface area contributed by atoms with Crippen molar-refractivity contribution >= 4 is 27.7 Å². The van der Waals surface area contributed by atoms with Gasteiger partial charge < -0.3 is 5.32 Å². The van der Waals surface area contributed by atoms with Gasteiger partial charge >= 0.3 is 0 Å². The number of rotatable bonds is 3. The Labute approximate surface area is 101 Å². The second kappa shape index (κ2) is 4.94. The van der Waals surface area contributed by atoms with Crippen molar-refractivity contribution in [2.75, 3.05) is 5.32 Å². The van der Waals surface area contributed by atoms with Crippen LogP contribution in [-0.2, 0) is 11.2 Å². The van der Waals surface area contributed by atoms with Gasteiger partial charge in [0.05, 0.1) is 12.6 Å². The van der Waals surface area contributed by atoms with E-state index in [9.17, 15) is 4.79 Å². The van der Waals surface area contributed by atoms with Gasteiger partial charge in [0.1, 0.15) is 5.82 Å². The summed E-state index contributed by atoms with van der Waals surface area (Å²) in [6, 6.07) is 9.37. The maximum Gasteiger partial charge on any atom is 0.229 e. The van der Waals surface area contributed by atoms with E-state index in [0.29, 0.717) is 12.2 Å². The molecule has 2 rings (SSSR count). The number of aromatic nitrogens is 2. The number of halogens is 1. The first-order valence-corrected chi connectivity index (χ1v) is 5.57. The number of hydrogen-bond donors (Lipinski definition) is 2. The molecule has 2 N–H and O–H groups in total.